The van der Waals surface area contributed by atoms with Crippen molar-refractivity contribution in [3.8, 4) is 11.5 Å². The zero-order valence-electron chi connectivity index (χ0n) is 18.6. The van der Waals surface area contributed by atoms with Crippen molar-refractivity contribution in [1.29, 1.82) is 0 Å². The molecule has 0 radical (unpaired) electrons. The van der Waals surface area contributed by atoms with Gasteiger partial charge >= 0.3 is 0 Å². The summed E-state index contributed by atoms with van der Waals surface area (Å²) in [6.45, 7) is 2.60. The predicted molar refractivity (Wildman–Crippen MR) is 126 cm³/mol. The van der Waals surface area contributed by atoms with Crippen LogP contribution in [-0.4, -0.2) is 39.5 Å². The first-order valence-electron chi connectivity index (χ1n) is 11.4. The van der Waals surface area contributed by atoms with Gasteiger partial charge in [-0.15, -0.1) is 0 Å². The average molecular weight is 470 g/mol. The van der Waals surface area contributed by atoms with Crippen LogP contribution in [0.1, 0.15) is 62.6 Å². The van der Waals surface area contributed by atoms with Gasteiger partial charge in [-0.05, 0) is 61.2 Å². The molecule has 2 aromatic carbocycles. The van der Waals surface area contributed by atoms with E-state index in [1.165, 1.54) is 6.07 Å². The van der Waals surface area contributed by atoms with Crippen LogP contribution in [0.3, 0.4) is 0 Å². The molecule has 1 aliphatic heterocycles. The number of hydrogen-bond acceptors (Lipinski definition) is 5. The van der Waals surface area contributed by atoms with Gasteiger partial charge in [0.05, 0.1) is 23.2 Å². The van der Waals surface area contributed by atoms with Gasteiger partial charge in [0, 0.05) is 11.6 Å². The standard InChI is InChI=1S/C26H28ClNO5/c1-2-14-33-19-11-8-16(9-12-19)24(30)22-23(17-10-13-21(29)20(27)15-17)28(26(32)25(22)31)18-6-4-3-5-7-18/h8-13,15,18,23,29-30H,2-7,14H2,1H3/b24-22-. The maximum Gasteiger partial charge on any atom is 0.295 e. The van der Waals surface area contributed by atoms with E-state index in [0.717, 1.165) is 38.5 Å². The van der Waals surface area contributed by atoms with Crippen LogP contribution in [0.4, 0.5) is 0 Å². The van der Waals surface area contributed by atoms with E-state index in [2.05, 4.69) is 0 Å². The van der Waals surface area contributed by atoms with Crippen LogP contribution in [0, 0.1) is 0 Å². The highest BCUT2D eigenvalue weighted by Crippen LogP contribution is 2.44. The molecule has 33 heavy (non-hydrogen) atoms. The lowest BCUT2D eigenvalue weighted by Gasteiger charge is -2.35. The number of halogens is 1. The summed E-state index contributed by atoms with van der Waals surface area (Å²) in [4.78, 5) is 28.0. The van der Waals surface area contributed by atoms with E-state index in [-0.39, 0.29) is 28.1 Å². The number of rotatable bonds is 6. The van der Waals surface area contributed by atoms with E-state index < -0.39 is 17.7 Å². The maximum absolute atomic E-state index is 13.2. The summed E-state index contributed by atoms with van der Waals surface area (Å²) in [7, 11) is 0. The Kier molecular flexibility index (Phi) is 6.94. The number of carbonyl (C=O) groups is 2. The number of benzene rings is 2. The third kappa shape index (κ3) is 4.58. The molecule has 0 spiro atoms. The highest BCUT2D eigenvalue weighted by atomic mass is 35.5. The molecule has 1 atom stereocenters. The van der Waals surface area contributed by atoms with Crippen molar-refractivity contribution >= 4 is 29.1 Å². The van der Waals surface area contributed by atoms with Crippen molar-refractivity contribution in [2.24, 2.45) is 0 Å². The van der Waals surface area contributed by atoms with Gasteiger partial charge in [-0.3, -0.25) is 9.59 Å². The number of phenols is 1. The molecule has 1 amide bonds. The Hall–Kier alpha value is -2.99. The summed E-state index contributed by atoms with van der Waals surface area (Å²) in [6.07, 6.45) is 5.55. The molecule has 6 nitrogen and oxygen atoms in total. The van der Waals surface area contributed by atoms with Crippen LogP contribution in [0.15, 0.2) is 48.0 Å². The van der Waals surface area contributed by atoms with E-state index >= 15 is 0 Å². The van der Waals surface area contributed by atoms with Crippen molar-refractivity contribution in [3.63, 3.8) is 0 Å². The molecule has 2 fully saturated rings. The number of ketones is 1. The minimum atomic E-state index is -0.776. The molecule has 1 saturated carbocycles. The number of ether oxygens (including phenoxy) is 1. The van der Waals surface area contributed by atoms with Gasteiger partial charge < -0.3 is 19.8 Å². The molecule has 0 bridgehead atoms. The van der Waals surface area contributed by atoms with E-state index in [0.29, 0.717) is 23.5 Å². The summed E-state index contributed by atoms with van der Waals surface area (Å²) in [5.41, 5.74) is 1.04. The van der Waals surface area contributed by atoms with Crippen LogP contribution in [0.25, 0.3) is 5.76 Å². The fraction of sp³-hybridized carbons (Fsp3) is 0.385. The molecule has 2 N–H and O–H groups in total. The maximum atomic E-state index is 13.2. The Bertz CT molecular complexity index is 1070. The van der Waals surface area contributed by atoms with Crippen molar-refractivity contribution < 1.29 is 24.5 Å². The lowest BCUT2D eigenvalue weighted by atomic mass is 9.91. The molecule has 1 aliphatic carbocycles. The largest absolute Gasteiger partial charge is 0.507 e. The molecular formula is C26H28ClNO5. The molecule has 4 rings (SSSR count). The third-order valence-corrected chi connectivity index (χ3v) is 6.64. The number of nitrogens with zero attached hydrogens (tertiary/aromatic N) is 1. The summed E-state index contributed by atoms with van der Waals surface area (Å²) < 4.78 is 5.60. The zero-order valence-corrected chi connectivity index (χ0v) is 19.3. The number of amides is 1. The van der Waals surface area contributed by atoms with E-state index in [4.69, 9.17) is 16.3 Å². The molecule has 174 valence electrons. The Morgan fingerprint density at radius 1 is 1.09 bits per heavy atom. The molecule has 1 unspecified atom stereocenters. The third-order valence-electron chi connectivity index (χ3n) is 6.34. The smallest absolute Gasteiger partial charge is 0.295 e. The number of carbonyl (C=O) groups excluding carboxylic acids is 2. The Morgan fingerprint density at radius 3 is 2.42 bits per heavy atom. The Balaban J connectivity index is 1.80. The van der Waals surface area contributed by atoms with Crippen molar-refractivity contribution in [1.82, 2.24) is 4.90 Å². The molecule has 2 aromatic rings. The molecule has 2 aliphatic rings. The van der Waals surface area contributed by atoms with Crippen LogP contribution in [0.5, 0.6) is 11.5 Å². The van der Waals surface area contributed by atoms with Gasteiger partial charge in [-0.25, -0.2) is 0 Å². The topological polar surface area (TPSA) is 87.1 Å². The quantitative estimate of drug-likeness (QED) is 0.327. The fourth-order valence-electron chi connectivity index (χ4n) is 4.69. The molecule has 7 heteroatoms. The highest BCUT2D eigenvalue weighted by molar-refractivity contribution is 6.46. The molecular weight excluding hydrogens is 442 g/mol. The summed E-state index contributed by atoms with van der Waals surface area (Å²) in [5, 5.41) is 21.2. The minimum Gasteiger partial charge on any atom is -0.507 e. The molecule has 0 aromatic heterocycles. The van der Waals surface area contributed by atoms with E-state index in [9.17, 15) is 19.8 Å². The minimum absolute atomic E-state index is 0.0366. The SMILES string of the molecule is CCCOc1ccc(/C(O)=C2/C(=O)C(=O)N(C3CCCCC3)C2c2ccc(O)c(Cl)c2)cc1. The lowest BCUT2D eigenvalue weighted by Crippen LogP contribution is -2.40. The van der Waals surface area contributed by atoms with Gasteiger partial charge in [-0.2, -0.15) is 0 Å². The number of Topliss-reactive ketones (excluding diaryl/α,β-unsaturated/α-hetero) is 1. The molecule has 1 saturated heterocycles. The zero-order chi connectivity index (χ0) is 23.5. The second-order valence-electron chi connectivity index (χ2n) is 8.58. The Labute approximate surface area is 198 Å². The highest BCUT2D eigenvalue weighted by Gasteiger charge is 2.49. The van der Waals surface area contributed by atoms with Crippen molar-refractivity contribution in [3.05, 3.63) is 64.2 Å². The average Bonchev–Trinajstić information content (AvgIpc) is 3.10. The second-order valence-corrected chi connectivity index (χ2v) is 8.99. The van der Waals surface area contributed by atoms with Crippen LogP contribution >= 0.6 is 11.6 Å². The number of hydrogen-bond donors (Lipinski definition) is 2. The number of likely N-dealkylation sites (tertiary alicyclic amines) is 1. The number of aromatic hydroxyl groups is 1. The first-order chi connectivity index (χ1) is 15.9. The van der Waals surface area contributed by atoms with Gasteiger partial charge in [-0.1, -0.05) is 43.9 Å². The summed E-state index contributed by atoms with van der Waals surface area (Å²) in [6, 6.07) is 10.6. The van der Waals surface area contributed by atoms with Crippen LogP contribution in [0.2, 0.25) is 5.02 Å². The Morgan fingerprint density at radius 2 is 1.79 bits per heavy atom. The summed E-state index contributed by atoms with van der Waals surface area (Å²) in [5.74, 6) is -0.974. The normalized spacial score (nSPS) is 20.9. The lowest BCUT2D eigenvalue weighted by molar-refractivity contribution is -0.141. The number of aliphatic hydroxyl groups is 1. The molecule has 1 heterocycles. The van der Waals surface area contributed by atoms with E-state index in [1.54, 1.807) is 41.3 Å². The van der Waals surface area contributed by atoms with E-state index in [1.807, 2.05) is 6.92 Å². The monoisotopic (exact) mass is 469 g/mol. The first-order valence-corrected chi connectivity index (χ1v) is 11.8. The van der Waals surface area contributed by atoms with Crippen molar-refractivity contribution in [2.45, 2.75) is 57.5 Å². The fourth-order valence-corrected chi connectivity index (χ4v) is 4.88. The predicted octanol–water partition coefficient (Wildman–Crippen LogP) is 5.59. The van der Waals surface area contributed by atoms with Gasteiger partial charge in [0.25, 0.3) is 11.7 Å². The van der Waals surface area contributed by atoms with Gasteiger partial charge in [0.2, 0.25) is 0 Å². The number of phenolic OH excluding ortho intramolecular Hbond substituents is 1. The number of aliphatic hydroxyl groups excluding tert-OH is 1. The van der Waals surface area contributed by atoms with Crippen LogP contribution < -0.4 is 4.74 Å². The summed E-state index contributed by atoms with van der Waals surface area (Å²) >= 11 is 6.17. The van der Waals surface area contributed by atoms with Crippen LogP contribution in [-0.2, 0) is 9.59 Å². The second kappa shape index (κ2) is 9.87. The first kappa shape index (κ1) is 23.2. The van der Waals surface area contributed by atoms with Gasteiger partial charge in [0.15, 0.2) is 0 Å². The van der Waals surface area contributed by atoms with Crippen molar-refractivity contribution in [2.75, 3.05) is 6.61 Å². The van der Waals surface area contributed by atoms with Gasteiger partial charge in [0.1, 0.15) is 17.3 Å².